The molecule has 11 nitrogen and oxygen atoms in total. The maximum absolute atomic E-state index is 18.0. The van der Waals surface area contributed by atoms with Crippen molar-refractivity contribution >= 4 is 52.5 Å². The second-order valence-electron chi connectivity index (χ2n) is 20.9. The molecule has 2 unspecified atom stereocenters. The molecule has 1 aliphatic carbocycles. The van der Waals surface area contributed by atoms with Crippen LogP contribution in [0.2, 0.25) is 16.6 Å². The summed E-state index contributed by atoms with van der Waals surface area (Å²) >= 11 is 0. The van der Waals surface area contributed by atoms with Crippen LogP contribution in [0.25, 0.3) is 32.8 Å². The van der Waals surface area contributed by atoms with E-state index in [1.165, 1.54) is 13.2 Å². The van der Waals surface area contributed by atoms with Gasteiger partial charge >= 0.3 is 12.1 Å². The van der Waals surface area contributed by atoms with Crippen LogP contribution in [0.4, 0.5) is 19.4 Å². The normalized spacial score (nSPS) is 20.1. The molecule has 66 heavy (non-hydrogen) atoms. The van der Waals surface area contributed by atoms with Crippen molar-refractivity contribution < 1.29 is 36.7 Å². The molecule has 3 saturated heterocycles. The third kappa shape index (κ3) is 9.67. The van der Waals surface area contributed by atoms with E-state index >= 15 is 8.78 Å². The summed E-state index contributed by atoms with van der Waals surface area (Å²) < 4.78 is 71.0. The van der Waals surface area contributed by atoms with Crippen LogP contribution in [0.3, 0.4) is 0 Å². The van der Waals surface area contributed by atoms with Gasteiger partial charge in [0, 0.05) is 89.5 Å². The zero-order valence-corrected chi connectivity index (χ0v) is 42.2. The summed E-state index contributed by atoms with van der Waals surface area (Å²) in [6.45, 7) is 22.5. The highest BCUT2D eigenvalue weighted by Gasteiger charge is 2.47. The lowest BCUT2D eigenvalue weighted by atomic mass is 9.93. The van der Waals surface area contributed by atoms with Crippen molar-refractivity contribution in [2.45, 2.75) is 122 Å². The number of hydrogen-bond donors (Lipinski definition) is 0. The van der Waals surface area contributed by atoms with E-state index in [4.69, 9.17) is 28.9 Å². The van der Waals surface area contributed by atoms with Gasteiger partial charge in [-0.25, -0.2) is 13.6 Å². The highest BCUT2D eigenvalue weighted by Crippen LogP contribution is 2.48. The maximum atomic E-state index is 18.0. The van der Waals surface area contributed by atoms with Gasteiger partial charge in [-0.3, -0.25) is 9.11 Å². The molecule has 4 heterocycles. The van der Waals surface area contributed by atoms with Crippen molar-refractivity contribution in [2.24, 2.45) is 5.41 Å². The Morgan fingerprint density at radius 2 is 1.62 bits per heavy atom. The SMILES string of the molecule is COCOc1cc(-c2c(F)cc3c(N4CC5CCC(C4)N5C(=O)OC(C)(C)C)nc(OCC4(CN5CCS(=O)CC5)CC4)nc3c2F)c2c(C#C[Si](C(C)C)(C(C)C)C(C)C)cccc2c1. The molecule has 4 fully saturated rings. The van der Waals surface area contributed by atoms with Crippen LogP contribution in [-0.4, -0.2) is 121 Å². The molecule has 3 aromatic carbocycles. The van der Waals surface area contributed by atoms with Crippen LogP contribution in [-0.2, 0) is 20.3 Å². The molecule has 1 amide bonds. The molecule has 0 radical (unpaired) electrons. The molecule has 3 aliphatic heterocycles. The first-order valence-corrected chi connectivity index (χ1v) is 27.4. The Balaban J connectivity index is 1.26. The number of carbonyl (C=O) groups is 1. The first-order valence-electron chi connectivity index (χ1n) is 23.7. The molecular weight excluding hydrogens is 877 g/mol. The Bertz CT molecular complexity index is 2530. The second-order valence-corrected chi connectivity index (χ2v) is 28.2. The summed E-state index contributed by atoms with van der Waals surface area (Å²) in [5.41, 5.74) is 4.85. The van der Waals surface area contributed by atoms with E-state index in [0.29, 0.717) is 70.3 Å². The second kappa shape index (κ2) is 19.0. The van der Waals surface area contributed by atoms with Gasteiger partial charge in [-0.15, -0.1) is 5.54 Å². The van der Waals surface area contributed by atoms with Crippen molar-refractivity contribution in [3.8, 4) is 34.4 Å². The van der Waals surface area contributed by atoms with Gasteiger partial charge in [-0.05, 0) is 92.7 Å². The number of ether oxygens (including phenoxy) is 4. The van der Waals surface area contributed by atoms with E-state index in [1.54, 1.807) is 6.07 Å². The smallest absolute Gasteiger partial charge is 0.410 e. The summed E-state index contributed by atoms with van der Waals surface area (Å²) in [6.07, 6.45) is 3.09. The predicted octanol–water partition coefficient (Wildman–Crippen LogP) is 10.1. The summed E-state index contributed by atoms with van der Waals surface area (Å²) in [5.74, 6) is 4.02. The lowest BCUT2D eigenvalue weighted by Gasteiger charge is -2.42. The number of nitrogens with zero attached hydrogens (tertiary/aromatic N) is 5. The third-order valence-corrected chi connectivity index (χ3v) is 21.9. The average Bonchev–Trinajstić information content (AvgIpc) is 3.96. The molecule has 4 aromatic rings. The van der Waals surface area contributed by atoms with E-state index in [-0.39, 0.29) is 58.4 Å². The van der Waals surface area contributed by atoms with Crippen molar-refractivity contribution in [2.75, 3.05) is 69.6 Å². The van der Waals surface area contributed by atoms with Crippen molar-refractivity contribution in [3.05, 3.63) is 53.6 Å². The Morgan fingerprint density at radius 3 is 2.23 bits per heavy atom. The van der Waals surface area contributed by atoms with E-state index in [1.807, 2.05) is 54.8 Å². The number of rotatable bonds is 13. The van der Waals surface area contributed by atoms with Crippen LogP contribution >= 0.6 is 0 Å². The number of anilines is 1. The lowest BCUT2D eigenvalue weighted by Crippen LogP contribution is -2.57. The van der Waals surface area contributed by atoms with E-state index < -0.39 is 36.1 Å². The number of halogens is 2. The first-order chi connectivity index (χ1) is 31.3. The number of aromatic nitrogens is 2. The third-order valence-electron chi connectivity index (χ3n) is 14.4. The first kappa shape index (κ1) is 48.1. The van der Waals surface area contributed by atoms with Gasteiger partial charge in [0.05, 0.1) is 24.3 Å². The number of piperazine rings is 1. The fourth-order valence-corrected chi connectivity index (χ4v) is 17.3. The molecule has 2 bridgehead atoms. The van der Waals surface area contributed by atoms with Gasteiger partial charge in [-0.1, -0.05) is 59.6 Å². The molecule has 1 saturated carbocycles. The fraction of sp³-hybridized carbons (Fsp3) is 0.588. The van der Waals surface area contributed by atoms with E-state index in [9.17, 15) is 9.00 Å². The zero-order chi connectivity index (χ0) is 47.3. The van der Waals surface area contributed by atoms with Crippen LogP contribution in [0.15, 0.2) is 36.4 Å². The maximum Gasteiger partial charge on any atom is 0.410 e. The Morgan fingerprint density at radius 1 is 0.955 bits per heavy atom. The van der Waals surface area contributed by atoms with E-state index in [0.717, 1.165) is 50.7 Å². The van der Waals surface area contributed by atoms with Gasteiger partial charge in [-0.2, -0.15) is 9.97 Å². The minimum absolute atomic E-state index is 0.00727. The minimum Gasteiger partial charge on any atom is -0.468 e. The van der Waals surface area contributed by atoms with Crippen molar-refractivity contribution in [1.29, 1.82) is 0 Å². The van der Waals surface area contributed by atoms with Crippen molar-refractivity contribution in [1.82, 2.24) is 19.8 Å². The van der Waals surface area contributed by atoms with Crippen LogP contribution in [0, 0.1) is 28.5 Å². The average molecular weight is 944 g/mol. The quantitative estimate of drug-likeness (QED) is 0.0731. The summed E-state index contributed by atoms with van der Waals surface area (Å²) in [7, 11) is -1.46. The highest BCUT2D eigenvalue weighted by atomic mass is 32.2. The Hall–Kier alpha value is -4.36. The Kier molecular flexibility index (Phi) is 13.8. The van der Waals surface area contributed by atoms with Gasteiger partial charge < -0.3 is 28.7 Å². The molecular formula is C51H67F2N5O6SSi. The molecule has 15 heteroatoms. The predicted molar refractivity (Wildman–Crippen MR) is 261 cm³/mol. The monoisotopic (exact) mass is 943 g/mol. The summed E-state index contributed by atoms with van der Waals surface area (Å²) in [5, 5.41) is 1.55. The molecule has 0 spiro atoms. The molecule has 1 aromatic heterocycles. The number of carbonyl (C=O) groups excluding carboxylic acids is 1. The lowest BCUT2D eigenvalue weighted by molar-refractivity contribution is 0.0122. The fourth-order valence-electron chi connectivity index (χ4n) is 11.0. The number of fused-ring (bicyclic) bond motifs is 4. The van der Waals surface area contributed by atoms with E-state index in [2.05, 4.69) is 57.9 Å². The number of benzene rings is 3. The van der Waals surface area contributed by atoms with Crippen LogP contribution in [0.1, 0.15) is 93.6 Å². The van der Waals surface area contributed by atoms with Gasteiger partial charge in [0.2, 0.25) is 0 Å². The topological polar surface area (TPSA) is 107 Å². The molecule has 0 N–H and O–H groups in total. The minimum atomic E-state index is -2.20. The molecule has 8 rings (SSSR count). The van der Waals surface area contributed by atoms with Crippen molar-refractivity contribution in [3.63, 3.8) is 0 Å². The zero-order valence-electron chi connectivity index (χ0n) is 40.4. The summed E-state index contributed by atoms with van der Waals surface area (Å²) in [6, 6.07) is 10.3. The van der Waals surface area contributed by atoms with Gasteiger partial charge in [0.1, 0.15) is 36.6 Å². The van der Waals surface area contributed by atoms with Gasteiger partial charge in [0.15, 0.2) is 12.6 Å². The highest BCUT2D eigenvalue weighted by molar-refractivity contribution is 7.85. The molecule has 4 aliphatic rings. The van der Waals surface area contributed by atoms with Gasteiger partial charge in [0.25, 0.3) is 0 Å². The number of hydrogen-bond acceptors (Lipinski definition) is 10. The van der Waals surface area contributed by atoms with Crippen LogP contribution < -0.4 is 14.4 Å². The van der Waals surface area contributed by atoms with Crippen LogP contribution in [0.5, 0.6) is 11.8 Å². The number of methoxy groups -OCH3 is 1. The number of amides is 1. The molecule has 356 valence electrons. The molecule has 2 atom stereocenters. The largest absolute Gasteiger partial charge is 0.468 e. The Labute approximate surface area is 392 Å². The summed E-state index contributed by atoms with van der Waals surface area (Å²) in [4.78, 5) is 29.4. The standard InChI is InChI=1S/C51H67F2N5O6SSi/c1-32(2)66(33(3)4,34(5)6)23-16-35-12-11-13-36-24-39(63-31-61-10)25-40(43(35)36)44-42(52)26-41-46(45(44)53)54-48(62-30-51(17-18-51)29-56-19-21-65(60)22-20-56)55-47(41)57-27-37-14-15-38(28-57)58(37)49(59)64-50(7,8)9/h11-13,24-26,32-34,37-38H,14-15,17-22,27-31H2,1-10H3.